The highest BCUT2D eigenvalue weighted by Crippen LogP contribution is 2.09. The van der Waals surface area contributed by atoms with Crippen molar-refractivity contribution < 1.29 is 14.4 Å². The molecular weight excluding hydrogens is 194 g/mol. The molecule has 0 atom stereocenters. The minimum absolute atomic E-state index is 0.220. The minimum atomic E-state index is -1.22. The highest BCUT2D eigenvalue weighted by Gasteiger charge is 2.12. The van der Waals surface area contributed by atoms with Gasteiger partial charge in [0.25, 0.3) is 5.82 Å². The molecule has 0 aromatic carbocycles. The fraction of sp³-hybridized carbons (Fsp3) is 0.333. The Bertz CT molecular complexity index is 343. The number of nitriles is 1. The molecule has 1 aromatic rings. The van der Waals surface area contributed by atoms with Gasteiger partial charge < -0.3 is 9.63 Å². The summed E-state index contributed by atoms with van der Waals surface area (Å²) in [6, 6.07) is 1.92. The third-order valence-corrected chi connectivity index (χ3v) is 1.84. The predicted molar refractivity (Wildman–Crippen MR) is 43.0 cm³/mol. The van der Waals surface area contributed by atoms with Crippen LogP contribution in [0.4, 0.5) is 0 Å². The molecule has 6 nitrogen and oxygen atoms in total. The largest absolute Gasteiger partial charge is 0.475 e. The van der Waals surface area contributed by atoms with Gasteiger partial charge in [-0.3, -0.25) is 0 Å². The van der Waals surface area contributed by atoms with Crippen molar-refractivity contribution in [3.05, 3.63) is 11.7 Å². The Labute approximate surface area is 77.5 Å². The van der Waals surface area contributed by atoms with Gasteiger partial charge in [-0.15, -0.1) is 11.8 Å². The maximum absolute atomic E-state index is 10.3. The van der Waals surface area contributed by atoms with Crippen molar-refractivity contribution >= 4 is 17.7 Å². The van der Waals surface area contributed by atoms with Gasteiger partial charge in [0, 0.05) is 0 Å². The number of carboxylic acid groups (broad SMARTS) is 1. The molecule has 1 heterocycles. The van der Waals surface area contributed by atoms with Crippen LogP contribution in [0.25, 0.3) is 0 Å². The maximum Gasteiger partial charge on any atom is 0.377 e. The van der Waals surface area contributed by atoms with E-state index in [1.165, 1.54) is 11.8 Å². The van der Waals surface area contributed by atoms with Gasteiger partial charge >= 0.3 is 5.97 Å². The molecule has 0 unspecified atom stereocenters. The van der Waals surface area contributed by atoms with E-state index in [4.69, 9.17) is 10.4 Å². The zero-order valence-electron chi connectivity index (χ0n) is 6.43. The van der Waals surface area contributed by atoms with Gasteiger partial charge in [-0.05, 0) is 5.16 Å². The second kappa shape index (κ2) is 4.47. The summed E-state index contributed by atoms with van der Waals surface area (Å²) in [4.78, 5) is 13.9. The second-order valence-corrected chi connectivity index (χ2v) is 2.95. The summed E-state index contributed by atoms with van der Waals surface area (Å²) in [7, 11) is 0. The average Bonchev–Trinajstić information content (AvgIpc) is 2.53. The first-order valence-corrected chi connectivity index (χ1v) is 4.40. The SMILES string of the molecule is N#CCSCc1nc(C(=O)O)no1. The molecule has 0 aliphatic heterocycles. The fourth-order valence-electron chi connectivity index (χ4n) is 0.584. The smallest absolute Gasteiger partial charge is 0.377 e. The molecular formula is C6H5N3O3S. The Morgan fingerprint density at radius 3 is 3.08 bits per heavy atom. The molecule has 0 spiro atoms. The highest BCUT2D eigenvalue weighted by molar-refractivity contribution is 7.98. The number of carboxylic acids is 1. The number of aromatic nitrogens is 2. The lowest BCUT2D eigenvalue weighted by molar-refractivity contribution is 0.0680. The molecule has 13 heavy (non-hydrogen) atoms. The summed E-state index contributed by atoms with van der Waals surface area (Å²) in [5.41, 5.74) is 0. The Hall–Kier alpha value is -1.55. The first-order chi connectivity index (χ1) is 6.24. The van der Waals surface area contributed by atoms with Gasteiger partial charge in [-0.2, -0.15) is 10.2 Å². The van der Waals surface area contributed by atoms with E-state index in [9.17, 15) is 4.79 Å². The van der Waals surface area contributed by atoms with E-state index < -0.39 is 5.97 Å². The average molecular weight is 199 g/mol. The van der Waals surface area contributed by atoms with Crippen LogP contribution in [-0.2, 0) is 5.75 Å². The molecule has 0 fully saturated rings. The van der Waals surface area contributed by atoms with Crippen LogP contribution < -0.4 is 0 Å². The molecule has 0 bridgehead atoms. The first-order valence-electron chi connectivity index (χ1n) is 3.24. The third-order valence-electron chi connectivity index (χ3n) is 1.05. The Morgan fingerprint density at radius 1 is 1.77 bits per heavy atom. The topological polar surface area (TPSA) is 100 Å². The van der Waals surface area contributed by atoms with E-state index in [2.05, 4.69) is 14.7 Å². The number of aromatic carboxylic acids is 1. The second-order valence-electron chi connectivity index (χ2n) is 1.97. The number of carbonyl (C=O) groups is 1. The predicted octanol–water partition coefficient (Wildman–Crippen LogP) is 0.525. The van der Waals surface area contributed by atoms with Gasteiger partial charge in [-0.25, -0.2) is 4.79 Å². The van der Waals surface area contributed by atoms with Crippen LogP contribution in [0.15, 0.2) is 4.52 Å². The normalized spacial score (nSPS) is 9.46. The summed E-state index contributed by atoms with van der Waals surface area (Å²) in [5, 5.41) is 19.8. The quantitative estimate of drug-likeness (QED) is 0.705. The van der Waals surface area contributed by atoms with Crippen LogP contribution in [0.1, 0.15) is 16.5 Å². The lowest BCUT2D eigenvalue weighted by Crippen LogP contribution is -1.98. The summed E-state index contributed by atoms with van der Waals surface area (Å²) < 4.78 is 4.60. The zero-order chi connectivity index (χ0) is 9.68. The van der Waals surface area contributed by atoms with Crippen molar-refractivity contribution in [1.29, 1.82) is 5.26 Å². The van der Waals surface area contributed by atoms with Gasteiger partial charge in [-0.1, -0.05) is 0 Å². The summed E-state index contributed by atoms with van der Waals surface area (Å²) in [5.74, 6) is -0.691. The lowest BCUT2D eigenvalue weighted by atomic mass is 10.6. The van der Waals surface area contributed by atoms with E-state index in [1.54, 1.807) is 0 Å². The molecule has 68 valence electrons. The van der Waals surface area contributed by atoms with Gasteiger partial charge in [0.2, 0.25) is 5.89 Å². The van der Waals surface area contributed by atoms with E-state index in [1.807, 2.05) is 6.07 Å². The Balaban J connectivity index is 2.50. The van der Waals surface area contributed by atoms with E-state index in [-0.39, 0.29) is 11.7 Å². The lowest BCUT2D eigenvalue weighted by Gasteiger charge is -1.86. The van der Waals surface area contributed by atoms with E-state index >= 15 is 0 Å². The third kappa shape index (κ3) is 2.76. The Kier molecular flexibility index (Phi) is 3.28. The van der Waals surface area contributed by atoms with Crippen molar-refractivity contribution in [2.75, 3.05) is 5.75 Å². The van der Waals surface area contributed by atoms with Crippen LogP contribution in [0.3, 0.4) is 0 Å². The van der Waals surface area contributed by atoms with Gasteiger partial charge in [0.15, 0.2) is 0 Å². The molecule has 0 aliphatic rings. The fourth-order valence-corrected chi connectivity index (χ4v) is 1.07. The Morgan fingerprint density at radius 2 is 2.54 bits per heavy atom. The van der Waals surface area contributed by atoms with Crippen molar-refractivity contribution in [1.82, 2.24) is 10.1 Å². The maximum atomic E-state index is 10.3. The molecule has 0 aliphatic carbocycles. The molecule has 1 rings (SSSR count). The van der Waals surface area contributed by atoms with Crippen LogP contribution in [0.5, 0.6) is 0 Å². The summed E-state index contributed by atoms with van der Waals surface area (Å²) in [6.07, 6.45) is 0. The zero-order valence-corrected chi connectivity index (χ0v) is 7.24. The molecule has 7 heteroatoms. The highest BCUT2D eigenvalue weighted by atomic mass is 32.2. The minimum Gasteiger partial charge on any atom is -0.475 e. The van der Waals surface area contributed by atoms with Crippen LogP contribution in [-0.4, -0.2) is 27.0 Å². The standard InChI is InChI=1S/C6H5N3O3S/c7-1-2-13-3-4-8-5(6(10)11)9-12-4/h2-3H2,(H,10,11). The van der Waals surface area contributed by atoms with E-state index in [0.29, 0.717) is 11.5 Å². The van der Waals surface area contributed by atoms with Crippen molar-refractivity contribution in [3.63, 3.8) is 0 Å². The van der Waals surface area contributed by atoms with E-state index in [0.717, 1.165) is 0 Å². The number of nitrogens with zero attached hydrogens (tertiary/aromatic N) is 3. The molecule has 0 saturated heterocycles. The molecule has 0 radical (unpaired) electrons. The summed E-state index contributed by atoms with van der Waals surface area (Å²) >= 11 is 1.28. The molecule has 1 N–H and O–H groups in total. The van der Waals surface area contributed by atoms with Gasteiger partial charge in [0.1, 0.15) is 0 Å². The molecule has 0 amide bonds. The van der Waals surface area contributed by atoms with Crippen molar-refractivity contribution in [2.45, 2.75) is 5.75 Å². The molecule has 1 aromatic heterocycles. The molecule has 0 saturated carbocycles. The van der Waals surface area contributed by atoms with Crippen molar-refractivity contribution in [2.24, 2.45) is 0 Å². The number of thioether (sulfide) groups is 1. The van der Waals surface area contributed by atoms with Crippen LogP contribution in [0.2, 0.25) is 0 Å². The van der Waals surface area contributed by atoms with Crippen LogP contribution in [0, 0.1) is 11.3 Å². The number of rotatable bonds is 4. The first kappa shape index (κ1) is 9.54. The number of hydrogen-bond acceptors (Lipinski definition) is 6. The van der Waals surface area contributed by atoms with Gasteiger partial charge in [0.05, 0.1) is 17.6 Å². The van der Waals surface area contributed by atoms with Crippen LogP contribution >= 0.6 is 11.8 Å². The van der Waals surface area contributed by atoms with Crippen molar-refractivity contribution in [3.8, 4) is 6.07 Å². The monoisotopic (exact) mass is 199 g/mol. The summed E-state index contributed by atoms with van der Waals surface area (Å²) in [6.45, 7) is 0. The number of hydrogen-bond donors (Lipinski definition) is 1.